The maximum Gasteiger partial charge on any atom is 0.120 e. The fraction of sp³-hybridized carbons (Fsp3) is 0.345. The summed E-state index contributed by atoms with van der Waals surface area (Å²) in [4.78, 5) is 4.77. The van der Waals surface area contributed by atoms with Gasteiger partial charge in [-0.15, -0.1) is 0 Å². The van der Waals surface area contributed by atoms with E-state index in [0.717, 1.165) is 65.7 Å². The number of benzene rings is 2. The summed E-state index contributed by atoms with van der Waals surface area (Å²) in [6.07, 6.45) is 3.79. The average Bonchev–Trinajstić information content (AvgIpc) is 3.17. The van der Waals surface area contributed by atoms with Gasteiger partial charge in [0.05, 0.1) is 22.2 Å². The minimum absolute atomic E-state index is 0.141. The quantitative estimate of drug-likeness (QED) is 0.241. The van der Waals surface area contributed by atoms with Crippen LogP contribution in [0.25, 0.3) is 27.6 Å². The molecule has 1 fully saturated rings. The summed E-state index contributed by atoms with van der Waals surface area (Å²) in [6.45, 7) is 6.02. The highest BCUT2D eigenvalue weighted by Gasteiger charge is 2.23. The molecule has 1 aliphatic heterocycles. The molecule has 0 amide bonds. The van der Waals surface area contributed by atoms with Crippen LogP contribution in [0, 0.1) is 5.92 Å². The van der Waals surface area contributed by atoms with Crippen molar-refractivity contribution in [2.75, 3.05) is 20.3 Å². The van der Waals surface area contributed by atoms with Crippen LogP contribution in [0.4, 0.5) is 0 Å². The van der Waals surface area contributed by atoms with Crippen LogP contribution in [0.2, 0.25) is 0 Å². The number of nitrogens with two attached hydrogens (primary N) is 3. The van der Waals surface area contributed by atoms with Crippen molar-refractivity contribution >= 4 is 27.6 Å². The smallest absolute Gasteiger partial charge is 0.120 e. The number of nitrogens with zero attached hydrogens (tertiary/aromatic N) is 3. The van der Waals surface area contributed by atoms with Gasteiger partial charge < -0.3 is 30.9 Å². The van der Waals surface area contributed by atoms with E-state index in [1.54, 1.807) is 27.1 Å². The van der Waals surface area contributed by atoms with Gasteiger partial charge in [0, 0.05) is 44.0 Å². The lowest BCUT2D eigenvalue weighted by Gasteiger charge is -2.24. The van der Waals surface area contributed by atoms with E-state index in [1.165, 1.54) is 5.01 Å². The number of aromatic nitrogens is 2. The first kappa shape index (κ1) is 26.5. The Balaban J connectivity index is 0.000000469. The van der Waals surface area contributed by atoms with Crippen molar-refractivity contribution in [1.29, 1.82) is 0 Å². The minimum atomic E-state index is -0.932. The van der Waals surface area contributed by atoms with E-state index in [0.29, 0.717) is 11.6 Å². The van der Waals surface area contributed by atoms with E-state index in [-0.39, 0.29) is 5.82 Å². The standard InChI is InChI=1S/C23H32N6O2.C6H6/c1-23(2,30)16-4-5-17-18(11-16)29(13-14-6-8-31-9-7-14)19-10-15(12-27-20(17)19)21(22(24)25)28(3)26;1-2-4-6-5-3-1/h4-5,10-12,14,30H,6-9,13,24-26H2,1-3H3;1-6H. The monoisotopic (exact) mass is 502 g/mol. The molecule has 196 valence electrons. The van der Waals surface area contributed by atoms with Crippen LogP contribution in [-0.4, -0.2) is 39.9 Å². The van der Waals surface area contributed by atoms with Crippen LogP contribution in [0.15, 0.2) is 72.7 Å². The molecule has 1 saturated heterocycles. The van der Waals surface area contributed by atoms with E-state index in [4.69, 9.17) is 27.0 Å². The maximum absolute atomic E-state index is 10.6. The first-order valence-electron chi connectivity index (χ1n) is 12.6. The summed E-state index contributed by atoms with van der Waals surface area (Å²) >= 11 is 0. The van der Waals surface area contributed by atoms with Gasteiger partial charge in [-0.2, -0.15) is 0 Å². The predicted octanol–water partition coefficient (Wildman–Crippen LogP) is 3.88. The van der Waals surface area contributed by atoms with E-state index in [9.17, 15) is 5.11 Å². The highest BCUT2D eigenvalue weighted by atomic mass is 16.5. The number of pyridine rings is 1. The van der Waals surface area contributed by atoms with Crippen molar-refractivity contribution in [2.24, 2.45) is 23.2 Å². The zero-order valence-corrected chi connectivity index (χ0v) is 21.9. The van der Waals surface area contributed by atoms with Crippen LogP contribution in [0.3, 0.4) is 0 Å². The summed E-state index contributed by atoms with van der Waals surface area (Å²) in [6, 6.07) is 20.1. The number of fused-ring (bicyclic) bond motifs is 3. The Bertz CT molecular complexity index is 1340. The van der Waals surface area contributed by atoms with Gasteiger partial charge in [-0.05, 0) is 50.3 Å². The Morgan fingerprint density at radius 2 is 1.68 bits per heavy atom. The van der Waals surface area contributed by atoms with Gasteiger partial charge >= 0.3 is 0 Å². The maximum atomic E-state index is 10.6. The van der Waals surface area contributed by atoms with Crippen molar-refractivity contribution in [3.8, 4) is 0 Å². The number of ether oxygens (including phenoxy) is 1. The molecule has 7 N–H and O–H groups in total. The van der Waals surface area contributed by atoms with Crippen LogP contribution >= 0.6 is 0 Å². The second kappa shape index (κ2) is 11.2. The molecule has 37 heavy (non-hydrogen) atoms. The SMILES string of the molecule is CN(N)C(=C(N)N)c1cnc2c3ccc(C(C)(C)O)cc3n(CC3CCOCC3)c2c1.c1ccccc1. The summed E-state index contributed by atoms with van der Waals surface area (Å²) in [5, 5.41) is 13.0. The molecule has 8 nitrogen and oxygen atoms in total. The average molecular weight is 503 g/mol. The number of hydrogen-bond donors (Lipinski definition) is 4. The fourth-order valence-electron chi connectivity index (χ4n) is 4.80. The number of aliphatic hydroxyl groups is 1. The molecule has 4 aromatic rings. The minimum Gasteiger partial charge on any atom is -0.386 e. The first-order valence-corrected chi connectivity index (χ1v) is 12.6. The molecule has 0 saturated carbocycles. The zero-order chi connectivity index (χ0) is 26.6. The van der Waals surface area contributed by atoms with E-state index >= 15 is 0 Å². The lowest BCUT2D eigenvalue weighted by atomic mass is 9.97. The van der Waals surface area contributed by atoms with Crippen LogP contribution in [0.5, 0.6) is 0 Å². The summed E-state index contributed by atoms with van der Waals surface area (Å²) < 4.78 is 7.85. The molecule has 5 rings (SSSR count). The van der Waals surface area contributed by atoms with Gasteiger partial charge in [0.1, 0.15) is 11.5 Å². The third-order valence-electron chi connectivity index (χ3n) is 6.76. The Kier molecular flexibility index (Phi) is 8.02. The molecule has 0 radical (unpaired) electrons. The Morgan fingerprint density at radius 1 is 1.05 bits per heavy atom. The molecular formula is C29H38N6O2. The summed E-state index contributed by atoms with van der Waals surface area (Å²) in [7, 11) is 1.70. The Morgan fingerprint density at radius 3 is 2.22 bits per heavy atom. The molecule has 1 aliphatic rings. The van der Waals surface area contributed by atoms with Crippen LogP contribution in [0.1, 0.15) is 37.8 Å². The third-order valence-corrected chi connectivity index (χ3v) is 6.76. The first-order chi connectivity index (χ1) is 17.7. The molecule has 0 spiro atoms. The highest BCUT2D eigenvalue weighted by Crippen LogP contribution is 2.34. The zero-order valence-electron chi connectivity index (χ0n) is 21.9. The Hall–Kier alpha value is -3.59. The second-order valence-electron chi connectivity index (χ2n) is 10.1. The molecular weight excluding hydrogens is 464 g/mol. The summed E-state index contributed by atoms with van der Waals surface area (Å²) in [5.74, 6) is 6.63. The van der Waals surface area contributed by atoms with Gasteiger partial charge in [0.25, 0.3) is 0 Å². The number of rotatable bonds is 5. The van der Waals surface area contributed by atoms with E-state index in [1.807, 2.05) is 54.6 Å². The number of hydrazine groups is 1. The normalized spacial score (nSPS) is 14.3. The summed E-state index contributed by atoms with van der Waals surface area (Å²) in [5.41, 5.74) is 16.0. The van der Waals surface area contributed by atoms with Crippen molar-refractivity contribution < 1.29 is 9.84 Å². The van der Waals surface area contributed by atoms with E-state index < -0.39 is 5.60 Å². The highest BCUT2D eigenvalue weighted by molar-refractivity contribution is 6.06. The van der Waals surface area contributed by atoms with Gasteiger partial charge in [-0.3, -0.25) is 4.98 Å². The van der Waals surface area contributed by atoms with Crippen molar-refractivity contribution in [3.05, 3.63) is 83.8 Å². The van der Waals surface area contributed by atoms with E-state index in [2.05, 4.69) is 10.6 Å². The molecule has 2 aromatic carbocycles. The molecule has 8 heteroatoms. The van der Waals surface area contributed by atoms with Gasteiger partial charge in [0.15, 0.2) is 0 Å². The molecule has 3 heterocycles. The second-order valence-corrected chi connectivity index (χ2v) is 10.1. The molecule has 2 aromatic heterocycles. The van der Waals surface area contributed by atoms with Crippen molar-refractivity contribution in [1.82, 2.24) is 14.6 Å². The van der Waals surface area contributed by atoms with Gasteiger partial charge in [-0.1, -0.05) is 48.5 Å². The van der Waals surface area contributed by atoms with Crippen molar-refractivity contribution in [2.45, 2.75) is 38.8 Å². The Labute approximate surface area is 218 Å². The molecule has 0 atom stereocenters. The fourth-order valence-corrected chi connectivity index (χ4v) is 4.80. The van der Waals surface area contributed by atoms with Gasteiger partial charge in [-0.25, -0.2) is 5.84 Å². The molecule has 0 aliphatic carbocycles. The molecule has 0 unspecified atom stereocenters. The van der Waals surface area contributed by atoms with Crippen LogP contribution < -0.4 is 17.3 Å². The topological polar surface area (TPSA) is 129 Å². The molecule has 0 bridgehead atoms. The lowest BCUT2D eigenvalue weighted by molar-refractivity contribution is 0.0619. The predicted molar refractivity (Wildman–Crippen MR) is 150 cm³/mol. The van der Waals surface area contributed by atoms with Crippen molar-refractivity contribution in [3.63, 3.8) is 0 Å². The van der Waals surface area contributed by atoms with Crippen LogP contribution in [-0.2, 0) is 16.9 Å². The number of hydrogen-bond acceptors (Lipinski definition) is 7. The van der Waals surface area contributed by atoms with Gasteiger partial charge in [0.2, 0.25) is 0 Å². The largest absolute Gasteiger partial charge is 0.386 e. The third kappa shape index (κ3) is 6.05. The lowest BCUT2D eigenvalue weighted by Crippen LogP contribution is -2.29.